The van der Waals surface area contributed by atoms with Gasteiger partial charge in [0.05, 0.1) is 17.9 Å². The van der Waals surface area contributed by atoms with Crippen LogP contribution in [0.4, 0.5) is 0 Å². The summed E-state index contributed by atoms with van der Waals surface area (Å²) < 4.78 is 2.12. The van der Waals surface area contributed by atoms with E-state index in [0.29, 0.717) is 12.5 Å². The minimum absolute atomic E-state index is 0.165. The van der Waals surface area contributed by atoms with Crippen LogP contribution in [0.3, 0.4) is 0 Å². The van der Waals surface area contributed by atoms with E-state index in [4.69, 9.17) is 0 Å². The molecule has 1 fully saturated rings. The maximum absolute atomic E-state index is 11.8. The molecule has 0 saturated heterocycles. The number of aromatic nitrogens is 2. The molecule has 0 bridgehead atoms. The summed E-state index contributed by atoms with van der Waals surface area (Å²) in [6, 6.07) is 4.82. The summed E-state index contributed by atoms with van der Waals surface area (Å²) in [7, 11) is 0. The summed E-state index contributed by atoms with van der Waals surface area (Å²) in [5.74, 6) is 0.165. The molecule has 24 heavy (non-hydrogen) atoms. The number of thiophene rings is 1. The van der Waals surface area contributed by atoms with E-state index in [1.807, 2.05) is 11.3 Å². The number of aryl methyl sites for hydroxylation is 2. The lowest BCUT2D eigenvalue weighted by Crippen LogP contribution is -2.33. The first-order valence-electron chi connectivity index (χ1n) is 8.77. The molecule has 1 aliphatic carbocycles. The van der Waals surface area contributed by atoms with Crippen molar-refractivity contribution in [2.24, 2.45) is 0 Å². The van der Waals surface area contributed by atoms with Crippen LogP contribution in [-0.2, 0) is 30.8 Å². The maximum Gasteiger partial charge on any atom is 0.220 e. The normalized spacial score (nSPS) is 17.7. The average molecular weight is 344 g/mol. The van der Waals surface area contributed by atoms with Gasteiger partial charge >= 0.3 is 0 Å². The number of hydrogen-bond acceptors (Lipinski definition) is 4. The lowest BCUT2D eigenvalue weighted by atomic mass is 10.2. The summed E-state index contributed by atoms with van der Waals surface area (Å²) in [6.07, 6.45) is 3.57. The van der Waals surface area contributed by atoms with Gasteiger partial charge in [-0.2, -0.15) is 5.10 Å². The third-order valence-electron chi connectivity index (χ3n) is 4.81. The van der Waals surface area contributed by atoms with Gasteiger partial charge in [0.2, 0.25) is 5.91 Å². The van der Waals surface area contributed by atoms with Gasteiger partial charge in [0.25, 0.3) is 0 Å². The zero-order valence-electron chi connectivity index (χ0n) is 14.1. The Morgan fingerprint density at radius 1 is 1.42 bits per heavy atom. The molecule has 1 N–H and O–H groups in total. The molecule has 0 spiro atoms. The molecule has 1 amide bonds. The van der Waals surface area contributed by atoms with Gasteiger partial charge in [-0.1, -0.05) is 0 Å². The quantitative estimate of drug-likeness (QED) is 0.876. The van der Waals surface area contributed by atoms with E-state index in [9.17, 15) is 4.79 Å². The number of nitrogens with zero attached hydrogens (tertiary/aromatic N) is 3. The molecule has 2 aromatic rings. The summed E-state index contributed by atoms with van der Waals surface area (Å²) in [5, 5.41) is 9.89. The molecule has 6 heteroatoms. The van der Waals surface area contributed by atoms with E-state index in [-0.39, 0.29) is 5.91 Å². The van der Waals surface area contributed by atoms with Gasteiger partial charge < -0.3 is 5.32 Å². The van der Waals surface area contributed by atoms with Crippen molar-refractivity contribution >= 4 is 17.2 Å². The van der Waals surface area contributed by atoms with Gasteiger partial charge in [0, 0.05) is 43.4 Å². The molecule has 0 aromatic carbocycles. The van der Waals surface area contributed by atoms with Crippen LogP contribution in [0.15, 0.2) is 17.5 Å². The fourth-order valence-electron chi connectivity index (χ4n) is 3.18. The Bertz CT molecular complexity index is 731. The number of fused-ring (bicyclic) bond motifs is 1. The van der Waals surface area contributed by atoms with Crippen molar-refractivity contribution in [1.82, 2.24) is 20.0 Å². The standard InChI is InChI=1S/C18H24N4OS/c1-13-6-9-24-17(13)12-21-7-8-22-16(11-21)10-15(20-22)4-5-18(23)19-14-2-3-14/h6,9-10,14H,2-5,7-8,11-12H2,1H3,(H,19,23). The van der Waals surface area contributed by atoms with Crippen LogP contribution >= 0.6 is 11.3 Å². The highest BCUT2D eigenvalue weighted by atomic mass is 32.1. The highest BCUT2D eigenvalue weighted by Crippen LogP contribution is 2.22. The number of nitrogens with one attached hydrogen (secondary N) is 1. The second-order valence-electron chi connectivity index (χ2n) is 6.93. The SMILES string of the molecule is Cc1ccsc1CN1CCn2nc(CCC(=O)NC3CC3)cc2C1. The minimum Gasteiger partial charge on any atom is -0.353 e. The highest BCUT2D eigenvalue weighted by Gasteiger charge is 2.23. The van der Waals surface area contributed by atoms with Gasteiger partial charge in [0.15, 0.2) is 0 Å². The van der Waals surface area contributed by atoms with Crippen LogP contribution in [-0.4, -0.2) is 33.2 Å². The van der Waals surface area contributed by atoms with Gasteiger partial charge in [-0.3, -0.25) is 14.4 Å². The van der Waals surface area contributed by atoms with E-state index in [0.717, 1.165) is 51.1 Å². The van der Waals surface area contributed by atoms with Gasteiger partial charge in [-0.05, 0) is 42.8 Å². The second-order valence-corrected chi connectivity index (χ2v) is 7.93. The van der Waals surface area contributed by atoms with Crippen molar-refractivity contribution in [2.45, 2.75) is 58.3 Å². The molecule has 0 unspecified atom stereocenters. The Morgan fingerprint density at radius 2 is 2.29 bits per heavy atom. The van der Waals surface area contributed by atoms with E-state index < -0.39 is 0 Å². The summed E-state index contributed by atoms with van der Waals surface area (Å²) in [6.45, 7) is 6.12. The third-order valence-corrected chi connectivity index (χ3v) is 5.82. The van der Waals surface area contributed by atoms with E-state index in [2.05, 4.69) is 44.4 Å². The van der Waals surface area contributed by atoms with E-state index in [1.165, 1.54) is 16.1 Å². The van der Waals surface area contributed by atoms with Crippen molar-refractivity contribution in [1.29, 1.82) is 0 Å². The fourth-order valence-corrected chi connectivity index (χ4v) is 4.12. The summed E-state index contributed by atoms with van der Waals surface area (Å²) >= 11 is 1.84. The van der Waals surface area contributed by atoms with Gasteiger partial charge in [-0.15, -0.1) is 11.3 Å². The number of hydrogen-bond donors (Lipinski definition) is 1. The fraction of sp³-hybridized carbons (Fsp3) is 0.556. The molecule has 2 aliphatic rings. The van der Waals surface area contributed by atoms with Crippen LogP contribution in [0, 0.1) is 6.92 Å². The van der Waals surface area contributed by atoms with Crippen molar-refractivity contribution in [3.63, 3.8) is 0 Å². The molecule has 4 rings (SSSR count). The molecular formula is C18H24N4OS. The Labute approximate surface area is 146 Å². The van der Waals surface area contributed by atoms with E-state index in [1.54, 1.807) is 0 Å². The summed E-state index contributed by atoms with van der Waals surface area (Å²) in [4.78, 5) is 15.8. The lowest BCUT2D eigenvalue weighted by Gasteiger charge is -2.27. The Kier molecular flexibility index (Phi) is 4.41. The van der Waals surface area contributed by atoms with Crippen LogP contribution in [0.2, 0.25) is 0 Å². The number of carbonyl (C=O) groups excluding carboxylic acids is 1. The first-order valence-corrected chi connectivity index (χ1v) is 9.65. The second kappa shape index (κ2) is 6.69. The third kappa shape index (κ3) is 3.70. The van der Waals surface area contributed by atoms with Crippen molar-refractivity contribution < 1.29 is 4.79 Å². The molecule has 128 valence electrons. The molecule has 0 radical (unpaired) electrons. The number of amides is 1. The Balaban J connectivity index is 1.33. The largest absolute Gasteiger partial charge is 0.353 e. The molecule has 1 saturated carbocycles. The number of rotatable bonds is 6. The zero-order chi connectivity index (χ0) is 16.5. The molecule has 5 nitrogen and oxygen atoms in total. The Morgan fingerprint density at radius 3 is 3.04 bits per heavy atom. The van der Waals surface area contributed by atoms with E-state index >= 15 is 0 Å². The predicted octanol–water partition coefficient (Wildman–Crippen LogP) is 2.48. The van der Waals surface area contributed by atoms with Crippen LogP contribution in [0.1, 0.15) is 41.1 Å². The van der Waals surface area contributed by atoms with Crippen LogP contribution in [0.5, 0.6) is 0 Å². The smallest absolute Gasteiger partial charge is 0.220 e. The Hall–Kier alpha value is -1.66. The van der Waals surface area contributed by atoms with Gasteiger partial charge in [-0.25, -0.2) is 0 Å². The monoisotopic (exact) mass is 344 g/mol. The lowest BCUT2D eigenvalue weighted by molar-refractivity contribution is -0.121. The van der Waals surface area contributed by atoms with Crippen molar-refractivity contribution in [3.8, 4) is 0 Å². The highest BCUT2D eigenvalue weighted by molar-refractivity contribution is 7.10. The molecule has 2 aromatic heterocycles. The molecule has 1 aliphatic heterocycles. The van der Waals surface area contributed by atoms with Gasteiger partial charge in [0.1, 0.15) is 0 Å². The molecule has 0 atom stereocenters. The van der Waals surface area contributed by atoms with Crippen LogP contribution < -0.4 is 5.32 Å². The topological polar surface area (TPSA) is 50.2 Å². The van der Waals surface area contributed by atoms with Crippen LogP contribution in [0.25, 0.3) is 0 Å². The number of carbonyl (C=O) groups is 1. The first kappa shape index (κ1) is 15.8. The summed E-state index contributed by atoms with van der Waals surface area (Å²) in [5.41, 5.74) is 3.71. The maximum atomic E-state index is 11.8. The van der Waals surface area contributed by atoms with Crippen molar-refractivity contribution in [3.05, 3.63) is 39.3 Å². The molecule has 3 heterocycles. The zero-order valence-corrected chi connectivity index (χ0v) is 14.9. The minimum atomic E-state index is 0.165. The average Bonchev–Trinajstić information content (AvgIpc) is 3.14. The molecular weight excluding hydrogens is 320 g/mol. The first-order chi connectivity index (χ1) is 11.7. The van der Waals surface area contributed by atoms with Crippen molar-refractivity contribution in [2.75, 3.05) is 6.54 Å². The predicted molar refractivity (Wildman–Crippen MR) is 94.9 cm³/mol.